The average molecular weight is 299 g/mol. The molecule has 0 amide bonds. The number of rotatable bonds is 4. The van der Waals surface area contributed by atoms with Crippen LogP contribution in [0.5, 0.6) is 0 Å². The molecule has 0 saturated heterocycles. The molecule has 2 aromatic rings. The van der Waals surface area contributed by atoms with Crippen molar-refractivity contribution in [1.29, 1.82) is 0 Å². The Kier molecular flexibility index (Phi) is 4.22. The number of ketones is 1. The third-order valence-electron chi connectivity index (χ3n) is 2.81. The van der Waals surface area contributed by atoms with E-state index in [-0.39, 0.29) is 11.7 Å². The average Bonchev–Trinajstić information content (AvgIpc) is 2.81. The first-order valence-electron chi connectivity index (χ1n) is 5.74. The van der Waals surface area contributed by atoms with E-state index in [0.717, 1.165) is 5.56 Å². The van der Waals surface area contributed by atoms with Crippen molar-refractivity contribution in [3.05, 3.63) is 45.5 Å². The lowest BCUT2D eigenvalue weighted by molar-refractivity contribution is -0.118. The molecule has 0 aliphatic heterocycles. The van der Waals surface area contributed by atoms with Gasteiger partial charge in [-0.05, 0) is 31.5 Å². The van der Waals surface area contributed by atoms with Gasteiger partial charge in [0.05, 0.1) is 16.0 Å². The number of carbonyl (C=O) groups excluding carboxylic acids is 1. The number of benzene rings is 1. The second-order valence-electron chi connectivity index (χ2n) is 4.31. The fraction of sp³-hybridized carbons (Fsp3) is 0.308. The van der Waals surface area contributed by atoms with Crippen LogP contribution < -0.4 is 0 Å². The summed E-state index contributed by atoms with van der Waals surface area (Å²) in [5.41, 5.74) is 0.928. The van der Waals surface area contributed by atoms with E-state index >= 15 is 0 Å². The van der Waals surface area contributed by atoms with Crippen molar-refractivity contribution >= 4 is 29.0 Å². The summed E-state index contributed by atoms with van der Waals surface area (Å²) in [6, 6.07) is 5.32. The van der Waals surface area contributed by atoms with Gasteiger partial charge in [0.1, 0.15) is 5.78 Å². The van der Waals surface area contributed by atoms with Crippen LogP contribution >= 0.6 is 23.2 Å². The molecule has 0 aliphatic rings. The van der Waals surface area contributed by atoms with Gasteiger partial charge < -0.3 is 4.52 Å². The number of hydrogen-bond donors (Lipinski definition) is 0. The van der Waals surface area contributed by atoms with E-state index in [1.165, 1.54) is 6.92 Å². The van der Waals surface area contributed by atoms with Crippen LogP contribution in [-0.4, -0.2) is 15.9 Å². The highest BCUT2D eigenvalue weighted by Gasteiger charge is 2.18. The van der Waals surface area contributed by atoms with E-state index in [2.05, 4.69) is 10.1 Å². The lowest BCUT2D eigenvalue weighted by Gasteiger charge is -2.00. The van der Waals surface area contributed by atoms with Crippen LogP contribution in [0.25, 0.3) is 0 Å². The molecule has 1 atom stereocenters. The van der Waals surface area contributed by atoms with Gasteiger partial charge in [0.2, 0.25) is 5.89 Å². The molecule has 0 aliphatic carbocycles. The topological polar surface area (TPSA) is 56.0 Å². The zero-order valence-electron chi connectivity index (χ0n) is 10.5. The Bertz CT molecular complexity index is 610. The number of nitrogens with zero attached hydrogens (tertiary/aromatic N) is 2. The molecule has 0 fully saturated rings. The minimum Gasteiger partial charge on any atom is -0.339 e. The van der Waals surface area contributed by atoms with Crippen LogP contribution in [0, 0.1) is 0 Å². The van der Waals surface area contributed by atoms with Crippen LogP contribution in [0.3, 0.4) is 0 Å². The minimum atomic E-state index is -0.380. The Morgan fingerprint density at radius 2 is 2.11 bits per heavy atom. The summed E-state index contributed by atoms with van der Waals surface area (Å²) in [4.78, 5) is 15.4. The van der Waals surface area contributed by atoms with Crippen LogP contribution in [0.2, 0.25) is 10.0 Å². The summed E-state index contributed by atoms with van der Waals surface area (Å²) in [7, 11) is 0. The van der Waals surface area contributed by atoms with Crippen molar-refractivity contribution < 1.29 is 9.32 Å². The van der Waals surface area contributed by atoms with Crippen molar-refractivity contribution in [2.75, 3.05) is 0 Å². The van der Waals surface area contributed by atoms with Gasteiger partial charge >= 0.3 is 0 Å². The molecule has 0 saturated carbocycles. The van der Waals surface area contributed by atoms with E-state index < -0.39 is 0 Å². The van der Waals surface area contributed by atoms with Crippen molar-refractivity contribution in [3.63, 3.8) is 0 Å². The molecule has 2 rings (SSSR count). The summed E-state index contributed by atoms with van der Waals surface area (Å²) < 4.78 is 5.07. The maximum Gasteiger partial charge on any atom is 0.236 e. The molecule has 0 N–H and O–H groups in total. The lowest BCUT2D eigenvalue weighted by atomic mass is 10.1. The molecule has 0 bridgehead atoms. The van der Waals surface area contributed by atoms with Gasteiger partial charge in [-0.1, -0.05) is 34.4 Å². The number of Topliss-reactive ketones (excluding diaryl/α,β-unsaturated/α-hetero) is 1. The zero-order valence-corrected chi connectivity index (χ0v) is 12.0. The van der Waals surface area contributed by atoms with Crippen molar-refractivity contribution in [2.45, 2.75) is 26.2 Å². The molecule has 0 radical (unpaired) electrons. The third-order valence-corrected chi connectivity index (χ3v) is 3.55. The molecule has 0 spiro atoms. The normalized spacial score (nSPS) is 12.4. The highest BCUT2D eigenvalue weighted by atomic mass is 35.5. The summed E-state index contributed by atoms with van der Waals surface area (Å²) >= 11 is 11.8. The summed E-state index contributed by atoms with van der Waals surface area (Å²) in [6.07, 6.45) is 0.477. The first kappa shape index (κ1) is 14.0. The molecular formula is C13H12Cl2N2O2. The van der Waals surface area contributed by atoms with Gasteiger partial charge in [-0.25, -0.2) is 0 Å². The molecule has 1 aromatic carbocycles. The van der Waals surface area contributed by atoms with Crippen molar-refractivity contribution in [2.24, 2.45) is 0 Å². The first-order chi connectivity index (χ1) is 8.97. The maximum atomic E-state index is 11.2. The smallest absolute Gasteiger partial charge is 0.236 e. The Labute approximate surface area is 120 Å². The number of halogens is 2. The molecular weight excluding hydrogens is 287 g/mol. The Balaban J connectivity index is 2.15. The van der Waals surface area contributed by atoms with Crippen molar-refractivity contribution in [3.8, 4) is 0 Å². The third kappa shape index (κ3) is 3.33. The largest absolute Gasteiger partial charge is 0.339 e. The fourth-order valence-corrected chi connectivity index (χ4v) is 1.84. The monoisotopic (exact) mass is 298 g/mol. The van der Waals surface area contributed by atoms with Gasteiger partial charge in [0.15, 0.2) is 5.82 Å². The zero-order chi connectivity index (χ0) is 14.0. The summed E-state index contributed by atoms with van der Waals surface area (Å²) in [5, 5.41) is 4.84. The van der Waals surface area contributed by atoms with E-state index in [4.69, 9.17) is 27.7 Å². The Morgan fingerprint density at radius 3 is 2.74 bits per heavy atom. The van der Waals surface area contributed by atoms with Crippen LogP contribution in [0.15, 0.2) is 22.7 Å². The van der Waals surface area contributed by atoms with Crippen LogP contribution in [0.4, 0.5) is 0 Å². The summed E-state index contributed by atoms with van der Waals surface area (Å²) in [6.45, 7) is 3.23. The quantitative estimate of drug-likeness (QED) is 0.864. The standard InChI is InChI=1S/C13H12Cl2N2O2/c1-7(8(2)18)13-16-12(17-19-13)6-9-3-4-10(14)11(15)5-9/h3-5,7H,6H2,1-2H3. The molecule has 19 heavy (non-hydrogen) atoms. The molecule has 1 aromatic heterocycles. The van der Waals surface area contributed by atoms with Crippen molar-refractivity contribution in [1.82, 2.24) is 10.1 Å². The summed E-state index contributed by atoms with van der Waals surface area (Å²) in [5.74, 6) is 0.462. The second kappa shape index (κ2) is 5.72. The Hall–Kier alpha value is -1.39. The van der Waals surface area contributed by atoms with Gasteiger partial charge in [-0.3, -0.25) is 4.79 Å². The SMILES string of the molecule is CC(=O)C(C)c1nc(Cc2ccc(Cl)c(Cl)c2)no1. The minimum absolute atomic E-state index is 0.00950. The number of carbonyl (C=O) groups is 1. The van der Waals surface area contributed by atoms with Gasteiger partial charge in [0, 0.05) is 6.42 Å². The van der Waals surface area contributed by atoms with Crippen LogP contribution in [0.1, 0.15) is 37.0 Å². The Morgan fingerprint density at radius 1 is 1.37 bits per heavy atom. The molecule has 100 valence electrons. The highest BCUT2D eigenvalue weighted by Crippen LogP contribution is 2.23. The van der Waals surface area contributed by atoms with Gasteiger partial charge in [0.25, 0.3) is 0 Å². The predicted molar refractivity (Wildman–Crippen MR) is 72.7 cm³/mol. The van der Waals surface area contributed by atoms with Gasteiger partial charge in [-0.15, -0.1) is 0 Å². The van der Waals surface area contributed by atoms with Crippen LogP contribution in [-0.2, 0) is 11.2 Å². The fourth-order valence-electron chi connectivity index (χ4n) is 1.52. The maximum absolute atomic E-state index is 11.2. The van der Waals surface area contributed by atoms with E-state index in [1.807, 2.05) is 6.07 Å². The first-order valence-corrected chi connectivity index (χ1v) is 6.50. The number of hydrogen-bond acceptors (Lipinski definition) is 4. The molecule has 1 heterocycles. The second-order valence-corrected chi connectivity index (χ2v) is 5.12. The lowest BCUT2D eigenvalue weighted by Crippen LogP contribution is -2.04. The number of aromatic nitrogens is 2. The molecule has 6 heteroatoms. The molecule has 4 nitrogen and oxygen atoms in total. The van der Waals surface area contributed by atoms with E-state index in [9.17, 15) is 4.79 Å². The molecule has 1 unspecified atom stereocenters. The highest BCUT2D eigenvalue weighted by molar-refractivity contribution is 6.42. The van der Waals surface area contributed by atoms with E-state index in [1.54, 1.807) is 19.1 Å². The van der Waals surface area contributed by atoms with Gasteiger partial charge in [-0.2, -0.15) is 4.98 Å². The van der Waals surface area contributed by atoms with E-state index in [0.29, 0.717) is 28.2 Å². The predicted octanol–water partition coefficient (Wildman–Crippen LogP) is 3.66.